The van der Waals surface area contributed by atoms with Crippen LogP contribution < -0.4 is 18.9 Å². The van der Waals surface area contributed by atoms with E-state index >= 15 is 0 Å². The van der Waals surface area contributed by atoms with Gasteiger partial charge in [-0.25, -0.2) is 23.4 Å². The first kappa shape index (κ1) is 26.8. The smallest absolute Gasteiger partial charge is 0.243 e. The number of pyridine rings is 1. The minimum Gasteiger partial charge on any atom is -0.494 e. The lowest BCUT2D eigenvalue weighted by Gasteiger charge is -2.21. The Labute approximate surface area is 221 Å². The van der Waals surface area contributed by atoms with Crippen LogP contribution in [0.1, 0.15) is 31.2 Å². The summed E-state index contributed by atoms with van der Waals surface area (Å²) < 4.78 is 47.6. The average Bonchev–Trinajstić information content (AvgIpc) is 3.34. The molecule has 0 spiro atoms. The Morgan fingerprint density at radius 1 is 0.868 bits per heavy atom. The first-order valence-corrected chi connectivity index (χ1v) is 13.2. The highest BCUT2D eigenvalue weighted by atomic mass is 32.2. The third-order valence-corrected chi connectivity index (χ3v) is 7.98. The summed E-state index contributed by atoms with van der Waals surface area (Å²) in [6.45, 7) is 5.22. The maximum atomic E-state index is 13.6. The van der Waals surface area contributed by atoms with Gasteiger partial charge in [-0.2, -0.15) is 0 Å². The van der Waals surface area contributed by atoms with E-state index in [2.05, 4.69) is 29.9 Å². The van der Waals surface area contributed by atoms with Crippen molar-refractivity contribution in [2.45, 2.75) is 31.9 Å². The highest BCUT2D eigenvalue weighted by Crippen LogP contribution is 2.38. The Bertz CT molecular complexity index is 1480. The average molecular weight is 540 g/mol. The number of sulfonamides is 1. The Morgan fingerprint density at radius 2 is 1.53 bits per heavy atom. The van der Waals surface area contributed by atoms with Gasteiger partial charge in [0.25, 0.3) is 0 Å². The summed E-state index contributed by atoms with van der Waals surface area (Å²) in [6.07, 6.45) is 4.87. The van der Waals surface area contributed by atoms with Crippen LogP contribution >= 0.6 is 0 Å². The molecule has 0 saturated heterocycles. The molecule has 3 heterocycles. The second-order valence-corrected chi connectivity index (χ2v) is 10.6. The largest absolute Gasteiger partial charge is 0.494 e. The van der Waals surface area contributed by atoms with Crippen LogP contribution in [-0.4, -0.2) is 64.7 Å². The van der Waals surface area contributed by atoms with Crippen LogP contribution in [-0.2, 0) is 10.0 Å². The molecule has 1 N–H and O–H groups in total. The monoisotopic (exact) mass is 539 g/mol. The minimum atomic E-state index is -3.99. The van der Waals surface area contributed by atoms with E-state index in [9.17, 15) is 8.42 Å². The maximum Gasteiger partial charge on any atom is 0.243 e. The molecule has 0 aliphatic rings. The van der Waals surface area contributed by atoms with Crippen molar-refractivity contribution in [1.82, 2.24) is 29.7 Å². The van der Waals surface area contributed by atoms with E-state index in [1.165, 1.54) is 25.9 Å². The van der Waals surface area contributed by atoms with Crippen LogP contribution in [0.2, 0.25) is 0 Å². The molecule has 0 amide bonds. The van der Waals surface area contributed by atoms with Crippen molar-refractivity contribution in [2.24, 2.45) is 0 Å². The quantitative estimate of drug-likeness (QED) is 0.318. The summed E-state index contributed by atoms with van der Waals surface area (Å²) in [5.41, 5.74) is 1.86. The van der Waals surface area contributed by atoms with Crippen LogP contribution in [0.15, 0.2) is 48.9 Å². The van der Waals surface area contributed by atoms with Crippen LogP contribution in [0.25, 0.3) is 17.1 Å². The third-order valence-electron chi connectivity index (χ3n) is 6.13. The number of aromatic nitrogens is 6. The molecular formula is C25H29N7O5S. The van der Waals surface area contributed by atoms with Crippen LogP contribution in [0.3, 0.4) is 0 Å². The molecule has 4 aromatic rings. The first-order valence-electron chi connectivity index (χ1n) is 11.7. The first-order chi connectivity index (χ1) is 18.2. The molecular weight excluding hydrogens is 510 g/mol. The predicted octanol–water partition coefficient (Wildman–Crippen LogP) is 3.39. The zero-order valence-corrected chi connectivity index (χ0v) is 22.7. The molecule has 0 aliphatic heterocycles. The number of nitrogens with zero attached hydrogens (tertiary/aromatic N) is 6. The highest BCUT2D eigenvalue weighted by Gasteiger charge is 2.32. The number of benzene rings is 1. The summed E-state index contributed by atoms with van der Waals surface area (Å²) in [5.74, 6) is 1.42. The molecule has 0 saturated carbocycles. The van der Waals surface area contributed by atoms with Gasteiger partial charge in [-0.1, -0.05) is 13.0 Å². The number of hydrogen-bond acceptors (Lipinski definition) is 10. The molecule has 3 aromatic heterocycles. The molecule has 200 valence electrons. The fraction of sp³-hybridized carbons (Fsp3) is 0.320. The number of hydrogen-bond donors (Lipinski definition) is 1. The minimum absolute atomic E-state index is 0.0532. The van der Waals surface area contributed by atoms with Gasteiger partial charge in [-0.3, -0.25) is 9.29 Å². The Kier molecular flexibility index (Phi) is 7.76. The number of para-hydroxylation sites is 1. The normalized spacial score (nSPS) is 13.0. The second-order valence-electron chi connectivity index (χ2n) is 8.54. The van der Waals surface area contributed by atoms with Crippen molar-refractivity contribution >= 4 is 16.0 Å². The molecule has 12 nitrogen and oxygen atoms in total. The zero-order chi connectivity index (χ0) is 27.4. The van der Waals surface area contributed by atoms with E-state index in [0.29, 0.717) is 40.3 Å². The van der Waals surface area contributed by atoms with Gasteiger partial charge in [0, 0.05) is 36.1 Å². The number of ether oxygens (including phenoxy) is 3. The molecule has 2 atom stereocenters. The fourth-order valence-corrected chi connectivity index (χ4v) is 5.00. The van der Waals surface area contributed by atoms with E-state index in [1.54, 1.807) is 62.8 Å². The Balaban J connectivity index is 1.82. The van der Waals surface area contributed by atoms with Crippen LogP contribution in [0.5, 0.6) is 17.4 Å². The lowest BCUT2D eigenvalue weighted by molar-refractivity contribution is 0.391. The van der Waals surface area contributed by atoms with E-state index in [4.69, 9.17) is 14.2 Å². The molecule has 1 aromatic carbocycles. The van der Waals surface area contributed by atoms with Gasteiger partial charge in [0.1, 0.15) is 23.0 Å². The third kappa shape index (κ3) is 5.23. The van der Waals surface area contributed by atoms with Gasteiger partial charge in [-0.15, -0.1) is 10.2 Å². The van der Waals surface area contributed by atoms with Crippen LogP contribution in [0, 0.1) is 6.92 Å². The topological polar surface area (TPSA) is 143 Å². The summed E-state index contributed by atoms with van der Waals surface area (Å²) in [5, 5.41) is 7.59. The molecule has 13 heteroatoms. The van der Waals surface area contributed by atoms with E-state index in [-0.39, 0.29) is 5.95 Å². The molecule has 0 bridgehead atoms. The van der Waals surface area contributed by atoms with Crippen molar-refractivity contribution in [3.05, 3.63) is 60.3 Å². The number of anilines is 1. The molecule has 4 rings (SSSR count). The summed E-state index contributed by atoms with van der Waals surface area (Å²) in [7, 11) is 0.537. The van der Waals surface area contributed by atoms with Crippen molar-refractivity contribution in [2.75, 3.05) is 26.1 Å². The number of rotatable bonds is 10. The lowest BCUT2D eigenvalue weighted by Crippen LogP contribution is -2.31. The lowest BCUT2D eigenvalue weighted by atomic mass is 10.1. The van der Waals surface area contributed by atoms with Crippen LogP contribution in [0.4, 0.5) is 5.95 Å². The summed E-state index contributed by atoms with van der Waals surface area (Å²) in [4.78, 5) is 12.9. The maximum absolute atomic E-state index is 13.6. The van der Waals surface area contributed by atoms with Gasteiger partial charge in [-0.05, 0) is 37.6 Å². The van der Waals surface area contributed by atoms with Gasteiger partial charge in [0.15, 0.2) is 5.82 Å². The number of methoxy groups -OCH3 is 3. The molecule has 0 radical (unpaired) electrons. The SMILES string of the molecule is COc1ccc(-c2nnc(NS(=O)(=O)[C@@H](C)[C@H](C)c3ncc(C)cn3)n2-c2c(OC)cccc2OC)cn1. The number of aryl methyl sites for hydroxylation is 1. The zero-order valence-electron chi connectivity index (χ0n) is 21.9. The van der Waals surface area contributed by atoms with Crippen molar-refractivity contribution in [3.63, 3.8) is 0 Å². The highest BCUT2D eigenvalue weighted by molar-refractivity contribution is 7.93. The fourth-order valence-electron chi connectivity index (χ4n) is 3.77. The summed E-state index contributed by atoms with van der Waals surface area (Å²) >= 11 is 0. The van der Waals surface area contributed by atoms with Gasteiger partial charge < -0.3 is 14.2 Å². The standard InChI is InChI=1S/C25H29N7O5S/c1-15-12-27-23(28-13-15)16(2)17(3)38(33,34)31-25-30-29-24(18-10-11-21(37-6)26-14-18)32(25)22-19(35-4)8-7-9-20(22)36-5/h7-14,16-17H,1-6H3,(H,30,31)/t16-,17-/m0/s1. The van der Waals surface area contributed by atoms with E-state index in [1.807, 2.05) is 6.92 Å². The molecule has 38 heavy (non-hydrogen) atoms. The van der Waals surface area contributed by atoms with Crippen molar-refractivity contribution in [3.8, 4) is 34.5 Å². The molecule has 0 fully saturated rings. The van der Waals surface area contributed by atoms with E-state index in [0.717, 1.165) is 5.56 Å². The second kappa shape index (κ2) is 11.0. The Morgan fingerprint density at radius 3 is 2.08 bits per heavy atom. The molecule has 0 aliphatic carbocycles. The van der Waals surface area contributed by atoms with Gasteiger partial charge >= 0.3 is 0 Å². The van der Waals surface area contributed by atoms with Gasteiger partial charge in [0.2, 0.25) is 21.9 Å². The van der Waals surface area contributed by atoms with Crippen molar-refractivity contribution in [1.29, 1.82) is 0 Å². The van der Waals surface area contributed by atoms with E-state index < -0.39 is 21.2 Å². The Hall–Kier alpha value is -4.26. The van der Waals surface area contributed by atoms with Gasteiger partial charge in [0.05, 0.1) is 26.6 Å². The predicted molar refractivity (Wildman–Crippen MR) is 141 cm³/mol. The molecule has 0 unspecified atom stereocenters. The summed E-state index contributed by atoms with van der Waals surface area (Å²) in [6, 6.07) is 8.63. The van der Waals surface area contributed by atoms with Crippen molar-refractivity contribution < 1.29 is 22.6 Å². The number of nitrogens with one attached hydrogen (secondary N) is 1.